The van der Waals surface area contributed by atoms with Gasteiger partial charge in [0.05, 0.1) is 0 Å². The Kier molecular flexibility index (Phi) is 6.01. The first-order valence-electron chi connectivity index (χ1n) is 9.70. The monoisotopic (exact) mass is 388 g/mol. The molecule has 0 saturated heterocycles. The van der Waals surface area contributed by atoms with Crippen molar-refractivity contribution >= 4 is 17.8 Å². The summed E-state index contributed by atoms with van der Waals surface area (Å²) in [4.78, 5) is 24.3. The number of hydrogen-bond donors (Lipinski definition) is 3. The standard InChI is InChI=1S/C19H28N6O3/c1-11(2)21-19(27)28-14-6-5-13(9-14)15-10-17(24-23-15)22-18(26)16-7-8-20-25(16)12(3)4/h7-8,10-14H,5-6,9H2,1-4H3,(H,21,27)(H2,22,23,24,26)/t13-,14+/m0/s1. The molecular formula is C19H28N6O3. The van der Waals surface area contributed by atoms with E-state index in [2.05, 4.69) is 25.9 Å². The fourth-order valence-corrected chi connectivity index (χ4v) is 3.45. The summed E-state index contributed by atoms with van der Waals surface area (Å²) in [6.45, 7) is 7.73. The topological polar surface area (TPSA) is 114 Å². The first-order chi connectivity index (χ1) is 13.3. The third-order valence-corrected chi connectivity index (χ3v) is 4.74. The lowest BCUT2D eigenvalue weighted by atomic mass is 10.0. The van der Waals surface area contributed by atoms with Gasteiger partial charge in [0.15, 0.2) is 5.82 Å². The van der Waals surface area contributed by atoms with E-state index < -0.39 is 0 Å². The third kappa shape index (κ3) is 4.71. The molecule has 0 aromatic carbocycles. The van der Waals surface area contributed by atoms with Crippen LogP contribution in [0.5, 0.6) is 0 Å². The summed E-state index contributed by atoms with van der Waals surface area (Å²) < 4.78 is 7.14. The van der Waals surface area contributed by atoms with E-state index in [9.17, 15) is 9.59 Å². The van der Waals surface area contributed by atoms with Crippen LogP contribution < -0.4 is 10.6 Å². The molecule has 0 bridgehead atoms. The average Bonchev–Trinajstić information content (AvgIpc) is 3.33. The highest BCUT2D eigenvalue weighted by Crippen LogP contribution is 2.35. The van der Waals surface area contributed by atoms with Crippen LogP contribution in [0.25, 0.3) is 0 Å². The van der Waals surface area contributed by atoms with E-state index in [1.807, 2.05) is 33.8 Å². The maximum absolute atomic E-state index is 12.5. The highest BCUT2D eigenvalue weighted by Gasteiger charge is 2.30. The number of nitrogens with one attached hydrogen (secondary N) is 3. The molecule has 2 amide bonds. The van der Waals surface area contributed by atoms with Gasteiger partial charge in [0.2, 0.25) is 0 Å². The summed E-state index contributed by atoms with van der Waals surface area (Å²) in [6.07, 6.45) is 3.57. The van der Waals surface area contributed by atoms with Crippen molar-refractivity contribution < 1.29 is 14.3 Å². The molecule has 152 valence electrons. The van der Waals surface area contributed by atoms with Gasteiger partial charge in [-0.05, 0) is 53.0 Å². The molecule has 0 unspecified atom stereocenters. The minimum absolute atomic E-state index is 0.0514. The minimum Gasteiger partial charge on any atom is -0.446 e. The number of H-pyrrole nitrogens is 1. The van der Waals surface area contributed by atoms with Crippen LogP contribution >= 0.6 is 0 Å². The summed E-state index contributed by atoms with van der Waals surface area (Å²) in [6, 6.07) is 3.67. The molecular weight excluding hydrogens is 360 g/mol. The highest BCUT2D eigenvalue weighted by atomic mass is 16.6. The number of carbonyl (C=O) groups is 2. The zero-order valence-corrected chi connectivity index (χ0v) is 16.7. The first-order valence-corrected chi connectivity index (χ1v) is 9.70. The number of aromatic amines is 1. The number of alkyl carbamates (subject to hydrolysis) is 1. The molecule has 9 heteroatoms. The van der Waals surface area contributed by atoms with Crippen molar-refractivity contribution in [2.45, 2.75) is 71.1 Å². The van der Waals surface area contributed by atoms with Crippen LogP contribution in [0.2, 0.25) is 0 Å². The van der Waals surface area contributed by atoms with Crippen molar-refractivity contribution in [3.63, 3.8) is 0 Å². The Morgan fingerprint density at radius 1 is 1.29 bits per heavy atom. The number of nitrogens with zero attached hydrogens (tertiary/aromatic N) is 3. The number of rotatable bonds is 6. The molecule has 1 aliphatic rings. The minimum atomic E-state index is -0.375. The van der Waals surface area contributed by atoms with Crippen LogP contribution in [-0.2, 0) is 4.74 Å². The van der Waals surface area contributed by atoms with E-state index in [0.717, 1.165) is 25.0 Å². The van der Waals surface area contributed by atoms with Crippen LogP contribution in [0.15, 0.2) is 18.3 Å². The van der Waals surface area contributed by atoms with E-state index in [4.69, 9.17) is 4.74 Å². The number of amides is 2. The van der Waals surface area contributed by atoms with Gasteiger partial charge in [0.25, 0.3) is 5.91 Å². The van der Waals surface area contributed by atoms with Crippen molar-refractivity contribution in [3.05, 3.63) is 29.7 Å². The number of aromatic nitrogens is 4. The molecule has 1 aliphatic carbocycles. The SMILES string of the molecule is CC(C)NC(=O)O[C@@H]1CC[C@H](c2cc(NC(=O)c3ccnn3C(C)C)n[nH]2)C1. The summed E-state index contributed by atoms with van der Waals surface area (Å²) >= 11 is 0. The van der Waals surface area contributed by atoms with Gasteiger partial charge in [-0.2, -0.15) is 10.2 Å². The van der Waals surface area contributed by atoms with Gasteiger partial charge in [-0.3, -0.25) is 14.6 Å². The molecule has 0 radical (unpaired) electrons. The van der Waals surface area contributed by atoms with Crippen LogP contribution in [0.3, 0.4) is 0 Å². The van der Waals surface area contributed by atoms with E-state index in [0.29, 0.717) is 11.5 Å². The molecule has 9 nitrogen and oxygen atoms in total. The smallest absolute Gasteiger partial charge is 0.407 e. The van der Waals surface area contributed by atoms with Gasteiger partial charge < -0.3 is 15.4 Å². The maximum atomic E-state index is 12.5. The zero-order chi connectivity index (χ0) is 20.3. The largest absolute Gasteiger partial charge is 0.446 e. The Morgan fingerprint density at radius 2 is 2.07 bits per heavy atom. The third-order valence-electron chi connectivity index (χ3n) is 4.74. The van der Waals surface area contributed by atoms with Crippen LogP contribution in [0.1, 0.15) is 75.1 Å². The number of carbonyl (C=O) groups excluding carboxylic acids is 2. The number of hydrogen-bond acceptors (Lipinski definition) is 5. The van der Waals surface area contributed by atoms with E-state index in [1.165, 1.54) is 0 Å². The molecule has 2 atom stereocenters. The van der Waals surface area contributed by atoms with Gasteiger partial charge in [0.1, 0.15) is 11.8 Å². The summed E-state index contributed by atoms with van der Waals surface area (Å²) in [5, 5.41) is 16.9. The molecule has 3 N–H and O–H groups in total. The predicted molar refractivity (Wildman–Crippen MR) is 104 cm³/mol. The van der Waals surface area contributed by atoms with Crippen molar-refractivity contribution in [1.29, 1.82) is 0 Å². The number of ether oxygens (including phenoxy) is 1. The molecule has 2 aromatic heterocycles. The van der Waals surface area contributed by atoms with Gasteiger partial charge in [-0.1, -0.05) is 0 Å². The van der Waals surface area contributed by atoms with Crippen molar-refractivity contribution in [3.8, 4) is 0 Å². The summed E-state index contributed by atoms with van der Waals surface area (Å²) in [5.74, 6) is 0.442. The normalized spacial score (nSPS) is 19.2. The molecule has 2 aromatic rings. The first kappa shape index (κ1) is 19.9. The predicted octanol–water partition coefficient (Wildman–Crippen LogP) is 3.21. The summed E-state index contributed by atoms with van der Waals surface area (Å²) in [5.41, 5.74) is 1.42. The van der Waals surface area contributed by atoms with Gasteiger partial charge in [-0.15, -0.1) is 0 Å². The Morgan fingerprint density at radius 3 is 2.79 bits per heavy atom. The van der Waals surface area contributed by atoms with Crippen LogP contribution in [0, 0.1) is 0 Å². The van der Waals surface area contributed by atoms with Gasteiger partial charge >= 0.3 is 6.09 Å². The lowest BCUT2D eigenvalue weighted by molar-refractivity contribution is 0.0979. The van der Waals surface area contributed by atoms with E-state index in [-0.39, 0.29) is 36.1 Å². The molecule has 1 fully saturated rings. The molecule has 3 rings (SSSR count). The second-order valence-corrected chi connectivity index (χ2v) is 7.75. The molecule has 0 aliphatic heterocycles. The second-order valence-electron chi connectivity index (χ2n) is 7.75. The fourth-order valence-electron chi connectivity index (χ4n) is 3.45. The maximum Gasteiger partial charge on any atom is 0.407 e. The van der Waals surface area contributed by atoms with Crippen molar-refractivity contribution in [2.75, 3.05) is 5.32 Å². The second kappa shape index (κ2) is 8.45. The Bertz CT molecular complexity index is 825. The van der Waals surface area contributed by atoms with Crippen LogP contribution in [0.4, 0.5) is 10.6 Å². The molecule has 0 spiro atoms. The van der Waals surface area contributed by atoms with E-state index >= 15 is 0 Å². The Hall–Kier alpha value is -2.84. The quantitative estimate of drug-likeness (QED) is 0.703. The number of anilines is 1. The molecule has 1 saturated carbocycles. The van der Waals surface area contributed by atoms with Crippen molar-refractivity contribution in [2.24, 2.45) is 0 Å². The van der Waals surface area contributed by atoms with Crippen molar-refractivity contribution in [1.82, 2.24) is 25.3 Å². The van der Waals surface area contributed by atoms with Gasteiger partial charge in [-0.25, -0.2) is 4.79 Å². The lowest BCUT2D eigenvalue weighted by Gasteiger charge is -2.14. The summed E-state index contributed by atoms with van der Waals surface area (Å²) in [7, 11) is 0. The average molecular weight is 388 g/mol. The molecule has 28 heavy (non-hydrogen) atoms. The van der Waals surface area contributed by atoms with E-state index in [1.54, 1.807) is 16.9 Å². The highest BCUT2D eigenvalue weighted by molar-refractivity contribution is 6.02. The van der Waals surface area contributed by atoms with Gasteiger partial charge in [0, 0.05) is 36.0 Å². The molecule has 2 heterocycles. The Balaban J connectivity index is 1.56. The lowest BCUT2D eigenvalue weighted by Crippen LogP contribution is -2.33. The fraction of sp³-hybridized carbons (Fsp3) is 0.579. The van der Waals surface area contributed by atoms with Crippen LogP contribution in [-0.4, -0.2) is 44.1 Å². The Labute approximate surface area is 164 Å². The zero-order valence-electron chi connectivity index (χ0n) is 16.7.